The fraction of sp³-hybridized carbons (Fsp3) is 0.786. The van der Waals surface area contributed by atoms with Gasteiger partial charge in [-0.15, -0.1) is 0 Å². The molecule has 0 bridgehead atoms. The minimum atomic E-state index is -3.55. The minimum Gasteiger partial charge on any atom is -0.334 e. The molecule has 0 spiro atoms. The second kappa shape index (κ2) is 6.46. The first kappa shape index (κ1) is 16.5. The summed E-state index contributed by atoms with van der Waals surface area (Å²) in [5, 5.41) is 3.51. The van der Waals surface area contributed by atoms with E-state index in [9.17, 15) is 8.42 Å². The standard InChI is InChI=1S/C14H26N4O2S/c1-5-8-18-9-14(16-12(18)4)21(19,20)17-13-7-6-10(2)15-11(13)3/h9-11,13,15,17H,5-8H2,1-4H3. The van der Waals surface area contributed by atoms with Gasteiger partial charge >= 0.3 is 0 Å². The van der Waals surface area contributed by atoms with Crippen molar-refractivity contribution < 1.29 is 8.42 Å². The molecule has 0 saturated carbocycles. The average Bonchev–Trinajstić information content (AvgIpc) is 2.76. The summed E-state index contributed by atoms with van der Waals surface area (Å²) < 4.78 is 29.7. The van der Waals surface area contributed by atoms with E-state index in [2.05, 4.69) is 28.9 Å². The van der Waals surface area contributed by atoms with E-state index in [1.54, 1.807) is 6.20 Å². The van der Waals surface area contributed by atoms with Gasteiger partial charge in [0.05, 0.1) is 0 Å². The second-order valence-electron chi connectivity index (χ2n) is 5.98. The Bertz CT molecular complexity index is 582. The van der Waals surface area contributed by atoms with Crippen molar-refractivity contribution in [2.75, 3.05) is 0 Å². The largest absolute Gasteiger partial charge is 0.334 e. The van der Waals surface area contributed by atoms with E-state index in [-0.39, 0.29) is 17.1 Å². The maximum absolute atomic E-state index is 12.5. The molecule has 120 valence electrons. The molecule has 2 heterocycles. The number of rotatable bonds is 5. The summed E-state index contributed by atoms with van der Waals surface area (Å²) in [5.74, 6) is 0.737. The highest BCUT2D eigenvalue weighted by molar-refractivity contribution is 7.89. The molecular formula is C14H26N4O2S. The maximum atomic E-state index is 12.5. The average molecular weight is 314 g/mol. The van der Waals surface area contributed by atoms with Crippen LogP contribution in [-0.2, 0) is 16.6 Å². The van der Waals surface area contributed by atoms with Gasteiger partial charge in [-0.25, -0.2) is 18.1 Å². The van der Waals surface area contributed by atoms with Crippen molar-refractivity contribution in [1.29, 1.82) is 0 Å². The topological polar surface area (TPSA) is 76.0 Å². The molecule has 0 aliphatic carbocycles. The number of piperidine rings is 1. The molecule has 2 rings (SSSR count). The van der Waals surface area contributed by atoms with Crippen molar-refractivity contribution in [2.24, 2.45) is 0 Å². The Morgan fingerprint density at radius 1 is 1.43 bits per heavy atom. The third-order valence-electron chi connectivity index (χ3n) is 4.06. The van der Waals surface area contributed by atoms with Gasteiger partial charge in [-0.1, -0.05) is 6.92 Å². The van der Waals surface area contributed by atoms with E-state index in [1.807, 2.05) is 18.4 Å². The van der Waals surface area contributed by atoms with Crippen molar-refractivity contribution >= 4 is 10.0 Å². The van der Waals surface area contributed by atoms with Gasteiger partial charge in [-0.05, 0) is 40.0 Å². The highest BCUT2D eigenvalue weighted by Crippen LogP contribution is 2.17. The van der Waals surface area contributed by atoms with Crippen LogP contribution in [0.2, 0.25) is 0 Å². The van der Waals surface area contributed by atoms with Crippen molar-refractivity contribution in [2.45, 2.75) is 76.7 Å². The predicted octanol–water partition coefficient (Wildman–Crippen LogP) is 1.41. The summed E-state index contributed by atoms with van der Waals surface area (Å²) in [6.07, 6.45) is 4.40. The lowest BCUT2D eigenvalue weighted by atomic mass is 9.96. The van der Waals surface area contributed by atoms with E-state index in [4.69, 9.17) is 0 Å². The lowest BCUT2D eigenvalue weighted by Gasteiger charge is -2.34. The molecule has 7 heteroatoms. The quantitative estimate of drug-likeness (QED) is 0.861. The van der Waals surface area contributed by atoms with E-state index >= 15 is 0 Å². The van der Waals surface area contributed by atoms with E-state index in [1.165, 1.54) is 0 Å². The van der Waals surface area contributed by atoms with Crippen LogP contribution in [0.4, 0.5) is 0 Å². The lowest BCUT2D eigenvalue weighted by molar-refractivity contribution is 0.296. The molecule has 2 N–H and O–H groups in total. The zero-order valence-corrected chi connectivity index (χ0v) is 14.1. The number of aryl methyl sites for hydroxylation is 2. The number of sulfonamides is 1. The molecule has 6 nitrogen and oxygen atoms in total. The third-order valence-corrected chi connectivity index (χ3v) is 5.42. The summed E-state index contributed by atoms with van der Waals surface area (Å²) in [4.78, 5) is 4.20. The smallest absolute Gasteiger partial charge is 0.259 e. The molecule has 3 unspecified atom stereocenters. The van der Waals surface area contributed by atoms with Gasteiger partial charge in [-0.3, -0.25) is 0 Å². The summed E-state index contributed by atoms with van der Waals surface area (Å²) in [5.41, 5.74) is 0. The molecule has 1 aliphatic heterocycles. The molecule has 1 aromatic heterocycles. The maximum Gasteiger partial charge on any atom is 0.259 e. The normalized spacial score (nSPS) is 27.0. The second-order valence-corrected chi connectivity index (χ2v) is 7.64. The number of hydrogen-bond donors (Lipinski definition) is 2. The van der Waals surface area contributed by atoms with Crippen LogP contribution in [-0.4, -0.2) is 36.1 Å². The summed E-state index contributed by atoms with van der Waals surface area (Å²) in [7, 11) is -3.55. The molecule has 1 fully saturated rings. The summed E-state index contributed by atoms with van der Waals surface area (Å²) >= 11 is 0. The molecule has 3 atom stereocenters. The molecule has 0 radical (unpaired) electrons. The molecular weight excluding hydrogens is 288 g/mol. The van der Waals surface area contributed by atoms with Crippen LogP contribution in [0, 0.1) is 6.92 Å². The minimum absolute atomic E-state index is 0.0807. The highest BCUT2D eigenvalue weighted by atomic mass is 32.2. The van der Waals surface area contributed by atoms with Crippen LogP contribution in [0.15, 0.2) is 11.2 Å². The fourth-order valence-corrected chi connectivity index (χ4v) is 4.18. The van der Waals surface area contributed by atoms with Gasteiger partial charge in [0, 0.05) is 30.9 Å². The van der Waals surface area contributed by atoms with E-state index in [0.717, 1.165) is 31.6 Å². The van der Waals surface area contributed by atoms with Gasteiger partial charge in [0.2, 0.25) is 0 Å². The van der Waals surface area contributed by atoms with Crippen LogP contribution in [0.1, 0.15) is 45.9 Å². The van der Waals surface area contributed by atoms with Crippen LogP contribution in [0.5, 0.6) is 0 Å². The Morgan fingerprint density at radius 2 is 2.14 bits per heavy atom. The van der Waals surface area contributed by atoms with Gasteiger partial charge in [0.1, 0.15) is 5.82 Å². The van der Waals surface area contributed by atoms with Crippen LogP contribution < -0.4 is 10.0 Å². The molecule has 0 amide bonds. The summed E-state index contributed by atoms with van der Waals surface area (Å²) in [6.45, 7) is 8.82. The summed E-state index contributed by atoms with van der Waals surface area (Å²) in [6, 6.07) is 0.483. The van der Waals surface area contributed by atoms with Gasteiger partial charge in [0.15, 0.2) is 5.03 Å². The highest BCUT2D eigenvalue weighted by Gasteiger charge is 2.30. The van der Waals surface area contributed by atoms with Crippen LogP contribution in [0.25, 0.3) is 0 Å². The Hall–Kier alpha value is -0.920. The van der Waals surface area contributed by atoms with Crippen molar-refractivity contribution in [1.82, 2.24) is 19.6 Å². The Kier molecular flexibility index (Phi) is 5.06. The van der Waals surface area contributed by atoms with Crippen molar-refractivity contribution in [3.05, 3.63) is 12.0 Å². The SMILES string of the molecule is CCCn1cc(S(=O)(=O)NC2CCC(C)NC2C)nc1C. The first-order valence-electron chi connectivity index (χ1n) is 7.65. The van der Waals surface area contributed by atoms with Gasteiger partial charge in [-0.2, -0.15) is 0 Å². The Labute approximate surface area is 127 Å². The number of imidazole rings is 1. The van der Waals surface area contributed by atoms with E-state index in [0.29, 0.717) is 6.04 Å². The molecule has 21 heavy (non-hydrogen) atoms. The zero-order valence-electron chi connectivity index (χ0n) is 13.3. The Balaban J connectivity index is 2.13. The Morgan fingerprint density at radius 3 is 2.76 bits per heavy atom. The first-order chi connectivity index (χ1) is 9.83. The number of nitrogens with zero attached hydrogens (tertiary/aromatic N) is 2. The zero-order chi connectivity index (χ0) is 15.6. The number of hydrogen-bond acceptors (Lipinski definition) is 4. The fourth-order valence-electron chi connectivity index (χ4n) is 2.82. The van der Waals surface area contributed by atoms with Crippen LogP contribution in [0.3, 0.4) is 0 Å². The number of aromatic nitrogens is 2. The molecule has 1 aliphatic rings. The van der Waals surface area contributed by atoms with Gasteiger partial charge in [0.25, 0.3) is 10.0 Å². The van der Waals surface area contributed by atoms with Crippen molar-refractivity contribution in [3.63, 3.8) is 0 Å². The first-order valence-corrected chi connectivity index (χ1v) is 9.14. The number of nitrogens with one attached hydrogen (secondary N) is 2. The molecule has 1 aromatic rings. The third kappa shape index (κ3) is 3.84. The lowest BCUT2D eigenvalue weighted by Crippen LogP contribution is -2.54. The van der Waals surface area contributed by atoms with Crippen molar-refractivity contribution in [3.8, 4) is 0 Å². The molecule has 0 aromatic carbocycles. The van der Waals surface area contributed by atoms with Gasteiger partial charge < -0.3 is 9.88 Å². The molecule has 1 saturated heterocycles. The monoisotopic (exact) mass is 314 g/mol. The van der Waals surface area contributed by atoms with E-state index < -0.39 is 10.0 Å². The predicted molar refractivity (Wildman–Crippen MR) is 82.7 cm³/mol. The van der Waals surface area contributed by atoms with Crippen LogP contribution >= 0.6 is 0 Å².